The molecule has 0 bridgehead atoms. The molecule has 1 aromatic carbocycles. The van der Waals surface area contributed by atoms with E-state index >= 15 is 0 Å². The molecule has 0 atom stereocenters. The smallest absolute Gasteiger partial charge is 0.319 e. The number of carbonyl (C=O) groups is 1. The van der Waals surface area contributed by atoms with Crippen LogP contribution >= 0.6 is 0 Å². The molecule has 2 N–H and O–H groups in total. The number of hydrogen-bond acceptors (Lipinski definition) is 3. The van der Waals surface area contributed by atoms with E-state index in [0.717, 1.165) is 0 Å². The first-order valence-corrected chi connectivity index (χ1v) is 4.87. The van der Waals surface area contributed by atoms with Gasteiger partial charge in [-0.15, -0.1) is 0 Å². The Morgan fingerprint density at radius 1 is 1.50 bits per heavy atom. The van der Waals surface area contributed by atoms with Gasteiger partial charge in [-0.3, -0.25) is 10.1 Å². The van der Waals surface area contributed by atoms with Crippen molar-refractivity contribution >= 4 is 11.7 Å². The molecule has 0 spiro atoms. The lowest BCUT2D eigenvalue weighted by Gasteiger charge is -2.06. The second-order valence-electron chi connectivity index (χ2n) is 3.18. The van der Waals surface area contributed by atoms with E-state index < -0.39 is 4.92 Å². The number of urea groups is 1. The molecule has 6 heteroatoms. The summed E-state index contributed by atoms with van der Waals surface area (Å²) in [6, 6.07) is 6.25. The summed E-state index contributed by atoms with van der Waals surface area (Å²) in [6.45, 7) is 2.09. The minimum atomic E-state index is -0.411. The van der Waals surface area contributed by atoms with Crippen LogP contribution in [0.3, 0.4) is 0 Å². The maximum atomic E-state index is 11.2. The fraction of sp³-hybridized carbons (Fsp3) is 0.300. The zero-order valence-electron chi connectivity index (χ0n) is 8.90. The highest BCUT2D eigenvalue weighted by Gasteiger charge is 2.04. The largest absolute Gasteiger partial charge is 0.338 e. The monoisotopic (exact) mass is 223 g/mol. The van der Waals surface area contributed by atoms with E-state index in [9.17, 15) is 14.9 Å². The van der Waals surface area contributed by atoms with Crippen LogP contribution < -0.4 is 10.6 Å². The van der Waals surface area contributed by atoms with Crippen LogP contribution in [-0.2, 0) is 6.54 Å². The molecule has 0 saturated heterocycles. The van der Waals surface area contributed by atoms with Gasteiger partial charge in [0.25, 0.3) is 0 Å². The Morgan fingerprint density at radius 2 is 2.25 bits per heavy atom. The predicted octanol–water partition coefficient (Wildman–Crippen LogP) is 1.60. The Bertz CT molecular complexity index is 393. The van der Waals surface area contributed by atoms with Crippen molar-refractivity contribution in [3.63, 3.8) is 0 Å². The third-order valence-corrected chi connectivity index (χ3v) is 1.83. The van der Waals surface area contributed by atoms with E-state index in [1.54, 1.807) is 24.3 Å². The van der Waals surface area contributed by atoms with Crippen LogP contribution in [0.15, 0.2) is 24.3 Å². The van der Waals surface area contributed by atoms with Gasteiger partial charge < -0.3 is 10.6 Å². The molecule has 0 heterocycles. The fourth-order valence-corrected chi connectivity index (χ4v) is 1.23. The zero-order chi connectivity index (χ0) is 12.0. The lowest BCUT2D eigenvalue weighted by atomic mass is 10.2. The summed E-state index contributed by atoms with van der Waals surface area (Å²) in [6.07, 6.45) is 0. The summed E-state index contributed by atoms with van der Waals surface area (Å²) in [4.78, 5) is 21.1. The summed E-state index contributed by atoms with van der Waals surface area (Å²) in [5.74, 6) is 0. The Labute approximate surface area is 92.8 Å². The SMILES string of the molecule is CCNC(=O)Nc1cccc(C[N+](=O)[O-])c1. The van der Waals surface area contributed by atoms with Crippen molar-refractivity contribution in [2.24, 2.45) is 0 Å². The molecule has 0 aliphatic rings. The molecule has 1 rings (SSSR count). The van der Waals surface area contributed by atoms with Gasteiger partial charge in [0.1, 0.15) is 0 Å². The van der Waals surface area contributed by atoms with E-state index in [-0.39, 0.29) is 12.6 Å². The van der Waals surface area contributed by atoms with Crippen molar-refractivity contribution < 1.29 is 9.72 Å². The molecular formula is C10H13N3O3. The molecule has 86 valence electrons. The number of hydrogen-bond donors (Lipinski definition) is 2. The van der Waals surface area contributed by atoms with Crippen LogP contribution in [-0.4, -0.2) is 17.5 Å². The van der Waals surface area contributed by atoms with Crippen molar-refractivity contribution in [2.45, 2.75) is 13.5 Å². The van der Waals surface area contributed by atoms with Crippen LogP contribution in [0.1, 0.15) is 12.5 Å². The number of benzene rings is 1. The normalized spacial score (nSPS) is 9.56. The van der Waals surface area contributed by atoms with Crippen LogP contribution in [0.4, 0.5) is 10.5 Å². The van der Waals surface area contributed by atoms with E-state index in [1.165, 1.54) is 0 Å². The van der Waals surface area contributed by atoms with E-state index in [4.69, 9.17) is 0 Å². The second-order valence-corrected chi connectivity index (χ2v) is 3.18. The number of anilines is 1. The summed E-state index contributed by atoms with van der Waals surface area (Å²) in [7, 11) is 0. The molecule has 0 aliphatic heterocycles. The van der Waals surface area contributed by atoms with Crippen molar-refractivity contribution in [3.05, 3.63) is 39.9 Å². The minimum absolute atomic E-state index is 0.245. The first-order valence-electron chi connectivity index (χ1n) is 4.87. The van der Waals surface area contributed by atoms with Crippen molar-refractivity contribution in [1.82, 2.24) is 5.32 Å². The van der Waals surface area contributed by atoms with E-state index in [1.807, 2.05) is 6.92 Å². The first-order chi connectivity index (χ1) is 7.61. The summed E-state index contributed by atoms with van der Waals surface area (Å²) in [5.41, 5.74) is 1.10. The lowest BCUT2D eigenvalue weighted by molar-refractivity contribution is -0.496. The Kier molecular flexibility index (Phi) is 4.26. The van der Waals surface area contributed by atoms with Crippen molar-refractivity contribution in [1.29, 1.82) is 0 Å². The van der Waals surface area contributed by atoms with Gasteiger partial charge in [0.05, 0.1) is 0 Å². The van der Waals surface area contributed by atoms with Crippen molar-refractivity contribution in [3.8, 4) is 0 Å². The zero-order valence-corrected chi connectivity index (χ0v) is 8.90. The van der Waals surface area contributed by atoms with Gasteiger partial charge in [0, 0.05) is 22.7 Å². The number of nitrogens with zero attached hydrogens (tertiary/aromatic N) is 1. The highest BCUT2D eigenvalue weighted by Crippen LogP contribution is 2.11. The standard InChI is InChI=1S/C10H13N3O3/c1-2-11-10(14)12-9-5-3-4-8(6-9)7-13(15)16/h3-6H,2,7H2,1H3,(H2,11,12,14). The van der Waals surface area contributed by atoms with Crippen LogP contribution in [0, 0.1) is 10.1 Å². The third-order valence-electron chi connectivity index (χ3n) is 1.83. The maximum absolute atomic E-state index is 11.2. The molecule has 0 aliphatic carbocycles. The van der Waals surface area contributed by atoms with Crippen molar-refractivity contribution in [2.75, 3.05) is 11.9 Å². The molecule has 0 aromatic heterocycles. The highest BCUT2D eigenvalue weighted by atomic mass is 16.6. The highest BCUT2D eigenvalue weighted by molar-refractivity contribution is 5.89. The number of nitro groups is 1. The molecular weight excluding hydrogens is 210 g/mol. The molecule has 1 aromatic rings. The lowest BCUT2D eigenvalue weighted by Crippen LogP contribution is -2.28. The van der Waals surface area contributed by atoms with Crippen LogP contribution in [0.2, 0.25) is 0 Å². The minimum Gasteiger partial charge on any atom is -0.338 e. The topological polar surface area (TPSA) is 84.3 Å². The number of amides is 2. The van der Waals surface area contributed by atoms with E-state index in [2.05, 4.69) is 10.6 Å². The molecule has 0 unspecified atom stereocenters. The molecule has 0 saturated carbocycles. The Hall–Kier alpha value is -2.11. The van der Waals surface area contributed by atoms with Crippen LogP contribution in [0.25, 0.3) is 0 Å². The average Bonchev–Trinajstić information content (AvgIpc) is 2.17. The molecule has 6 nitrogen and oxygen atoms in total. The average molecular weight is 223 g/mol. The third kappa shape index (κ3) is 3.95. The molecule has 0 fully saturated rings. The van der Waals surface area contributed by atoms with Gasteiger partial charge in [0.15, 0.2) is 0 Å². The van der Waals surface area contributed by atoms with Gasteiger partial charge >= 0.3 is 6.03 Å². The number of nitrogens with one attached hydrogen (secondary N) is 2. The molecule has 16 heavy (non-hydrogen) atoms. The van der Waals surface area contributed by atoms with Gasteiger partial charge in [-0.25, -0.2) is 4.79 Å². The number of carbonyl (C=O) groups excluding carboxylic acids is 1. The molecule has 2 amide bonds. The summed E-state index contributed by atoms with van der Waals surface area (Å²) < 4.78 is 0. The van der Waals surface area contributed by atoms with Gasteiger partial charge in [-0.2, -0.15) is 0 Å². The maximum Gasteiger partial charge on any atom is 0.319 e. The Morgan fingerprint density at radius 3 is 2.88 bits per heavy atom. The first kappa shape index (κ1) is 12.0. The molecule has 0 radical (unpaired) electrons. The Balaban J connectivity index is 2.67. The fourth-order valence-electron chi connectivity index (χ4n) is 1.23. The van der Waals surface area contributed by atoms with Gasteiger partial charge in [-0.1, -0.05) is 12.1 Å². The quantitative estimate of drug-likeness (QED) is 0.600. The second kappa shape index (κ2) is 5.69. The van der Waals surface area contributed by atoms with E-state index in [0.29, 0.717) is 17.8 Å². The van der Waals surface area contributed by atoms with Crippen LogP contribution in [0.5, 0.6) is 0 Å². The van der Waals surface area contributed by atoms with Gasteiger partial charge in [0.2, 0.25) is 6.54 Å². The summed E-state index contributed by atoms with van der Waals surface area (Å²) in [5, 5.41) is 15.5. The van der Waals surface area contributed by atoms with Gasteiger partial charge in [-0.05, 0) is 19.1 Å². The number of rotatable bonds is 4. The summed E-state index contributed by atoms with van der Waals surface area (Å²) >= 11 is 0. The predicted molar refractivity (Wildman–Crippen MR) is 59.8 cm³/mol.